The molecule has 4 nitrogen and oxygen atoms in total. The number of ether oxygens (including phenoxy) is 2. The van der Waals surface area contributed by atoms with E-state index in [1.807, 2.05) is 36.4 Å². The molecule has 0 amide bonds. The number of carbonyl (C=O) groups excluding carboxylic acids is 1. The minimum absolute atomic E-state index is 0.0110. The summed E-state index contributed by atoms with van der Waals surface area (Å²) in [5, 5.41) is 0.880. The van der Waals surface area contributed by atoms with Crippen molar-refractivity contribution < 1.29 is 23.0 Å². The lowest BCUT2D eigenvalue weighted by atomic mass is 9.96. The number of rotatable bonds is 9. The highest BCUT2D eigenvalue weighted by Gasteiger charge is 2.25. The number of fused-ring (bicyclic) bond motifs is 1. The summed E-state index contributed by atoms with van der Waals surface area (Å²) in [7, 11) is 0. The van der Waals surface area contributed by atoms with Crippen molar-refractivity contribution in [2.75, 3.05) is 13.2 Å². The molecule has 0 saturated carbocycles. The summed E-state index contributed by atoms with van der Waals surface area (Å²) in [5.74, 6) is -0.948. The molecule has 1 fully saturated rings. The van der Waals surface area contributed by atoms with Gasteiger partial charge in [0, 0.05) is 42.1 Å². The number of nitrogens with zero attached hydrogens (tertiary/aromatic N) is 1. The third-order valence-corrected chi connectivity index (χ3v) is 6.90. The van der Waals surface area contributed by atoms with E-state index in [4.69, 9.17) is 9.47 Å². The smallest absolute Gasteiger partial charge is 0.165 e. The normalized spacial score (nSPS) is 15.5. The lowest BCUT2D eigenvalue weighted by Crippen LogP contribution is -2.15. The quantitative estimate of drug-likeness (QED) is 0.229. The fraction of sp³-hybridized carbons (Fsp3) is 0.323. The number of hydrogen-bond donors (Lipinski definition) is 0. The van der Waals surface area contributed by atoms with E-state index in [1.54, 1.807) is 0 Å². The molecule has 1 aliphatic rings. The first-order valence-electron chi connectivity index (χ1n) is 12.8. The van der Waals surface area contributed by atoms with Crippen LogP contribution in [0.5, 0.6) is 5.75 Å². The second-order valence-corrected chi connectivity index (χ2v) is 9.94. The van der Waals surface area contributed by atoms with Gasteiger partial charge in [0.2, 0.25) is 0 Å². The van der Waals surface area contributed by atoms with Crippen LogP contribution < -0.4 is 4.74 Å². The van der Waals surface area contributed by atoms with E-state index in [1.165, 1.54) is 12.1 Å². The molecule has 192 valence electrons. The minimum atomic E-state index is -0.896. The Hall–Kier alpha value is -3.51. The molecule has 0 radical (unpaired) electrons. The molecule has 1 aromatic heterocycles. The molecule has 3 aromatic carbocycles. The van der Waals surface area contributed by atoms with Gasteiger partial charge in [0.05, 0.1) is 18.7 Å². The second-order valence-electron chi connectivity index (χ2n) is 9.94. The van der Waals surface area contributed by atoms with Crippen LogP contribution in [0.4, 0.5) is 8.78 Å². The van der Waals surface area contributed by atoms with Gasteiger partial charge in [-0.15, -0.1) is 0 Å². The Morgan fingerprint density at radius 1 is 1.03 bits per heavy atom. The van der Waals surface area contributed by atoms with E-state index in [0.29, 0.717) is 37.3 Å². The van der Waals surface area contributed by atoms with Gasteiger partial charge in [0.15, 0.2) is 17.4 Å². The number of aryl methyl sites for hydroxylation is 1. The summed E-state index contributed by atoms with van der Waals surface area (Å²) in [6, 6.07) is 19.9. The first-order chi connectivity index (χ1) is 17.9. The highest BCUT2D eigenvalue weighted by Crippen LogP contribution is 2.36. The molecule has 0 N–H and O–H groups in total. The monoisotopic (exact) mass is 503 g/mol. The van der Waals surface area contributed by atoms with Crippen molar-refractivity contribution in [3.05, 3.63) is 101 Å². The fourth-order valence-electron chi connectivity index (χ4n) is 5.13. The number of benzene rings is 3. The maximum Gasteiger partial charge on any atom is 0.165 e. The molecular weight excluding hydrogens is 472 g/mol. The molecule has 0 spiro atoms. The van der Waals surface area contributed by atoms with E-state index in [2.05, 4.69) is 30.5 Å². The number of hydrogen-bond acceptors (Lipinski definition) is 3. The van der Waals surface area contributed by atoms with Crippen LogP contribution in [0.3, 0.4) is 0 Å². The molecule has 6 heteroatoms. The molecule has 1 saturated heterocycles. The SMILES string of the molecule is CC(C)c1c(C(=O)CCc2ccc(F)c(F)c2)c2ccc(OC3CCOC3)cc2n1Cc1ccccc1. The predicted octanol–water partition coefficient (Wildman–Crippen LogP) is 7.07. The Bertz CT molecular complexity index is 1410. The zero-order chi connectivity index (χ0) is 25.9. The van der Waals surface area contributed by atoms with Gasteiger partial charge in [-0.1, -0.05) is 50.2 Å². The van der Waals surface area contributed by atoms with E-state index in [-0.39, 0.29) is 24.2 Å². The first-order valence-corrected chi connectivity index (χ1v) is 12.8. The van der Waals surface area contributed by atoms with E-state index < -0.39 is 11.6 Å². The van der Waals surface area contributed by atoms with E-state index in [9.17, 15) is 13.6 Å². The third-order valence-electron chi connectivity index (χ3n) is 6.90. The molecule has 1 aliphatic heterocycles. The summed E-state index contributed by atoms with van der Waals surface area (Å²) < 4.78 is 41.0. The van der Waals surface area contributed by atoms with Crippen LogP contribution in [0.15, 0.2) is 66.7 Å². The summed E-state index contributed by atoms with van der Waals surface area (Å²) in [5.41, 5.74) is 4.34. The predicted molar refractivity (Wildman–Crippen MR) is 140 cm³/mol. The molecule has 2 heterocycles. The van der Waals surface area contributed by atoms with Crippen LogP contribution in [0, 0.1) is 11.6 Å². The fourth-order valence-corrected chi connectivity index (χ4v) is 5.13. The maximum atomic E-state index is 13.7. The first kappa shape index (κ1) is 25.2. The summed E-state index contributed by atoms with van der Waals surface area (Å²) in [6.07, 6.45) is 1.42. The lowest BCUT2D eigenvalue weighted by molar-refractivity contribution is 0.0982. The van der Waals surface area contributed by atoms with Crippen molar-refractivity contribution in [1.29, 1.82) is 0 Å². The zero-order valence-corrected chi connectivity index (χ0v) is 21.2. The van der Waals surface area contributed by atoms with Crippen molar-refractivity contribution in [2.24, 2.45) is 0 Å². The molecule has 0 aliphatic carbocycles. The van der Waals surface area contributed by atoms with E-state index >= 15 is 0 Å². The molecular formula is C31H31F2NO3. The van der Waals surface area contributed by atoms with Crippen LogP contribution in [0.2, 0.25) is 0 Å². The Balaban J connectivity index is 1.55. The van der Waals surface area contributed by atoms with Gasteiger partial charge in [-0.05, 0) is 47.7 Å². The average Bonchev–Trinajstić information content (AvgIpc) is 3.51. The Morgan fingerprint density at radius 3 is 2.54 bits per heavy atom. The highest BCUT2D eigenvalue weighted by atomic mass is 19.2. The summed E-state index contributed by atoms with van der Waals surface area (Å²) in [4.78, 5) is 13.7. The maximum absolute atomic E-state index is 13.7. The van der Waals surface area contributed by atoms with Crippen molar-refractivity contribution >= 4 is 16.7 Å². The molecule has 0 bridgehead atoms. The van der Waals surface area contributed by atoms with Crippen LogP contribution in [0.1, 0.15) is 59.8 Å². The topological polar surface area (TPSA) is 40.5 Å². The van der Waals surface area contributed by atoms with Gasteiger partial charge in [0.25, 0.3) is 0 Å². The van der Waals surface area contributed by atoms with Gasteiger partial charge in [-0.3, -0.25) is 4.79 Å². The zero-order valence-electron chi connectivity index (χ0n) is 21.2. The summed E-state index contributed by atoms with van der Waals surface area (Å²) in [6.45, 7) is 6.08. The second kappa shape index (κ2) is 10.9. The van der Waals surface area contributed by atoms with Crippen molar-refractivity contribution in [3.8, 4) is 5.75 Å². The molecule has 4 aromatic rings. The lowest BCUT2D eigenvalue weighted by Gasteiger charge is -2.16. The van der Waals surface area contributed by atoms with Crippen LogP contribution in [0.25, 0.3) is 10.9 Å². The van der Waals surface area contributed by atoms with E-state index in [0.717, 1.165) is 40.4 Å². The summed E-state index contributed by atoms with van der Waals surface area (Å²) >= 11 is 0. The minimum Gasteiger partial charge on any atom is -0.488 e. The van der Waals surface area contributed by atoms with Gasteiger partial charge in [-0.2, -0.15) is 0 Å². The van der Waals surface area contributed by atoms with Gasteiger partial charge >= 0.3 is 0 Å². The number of ketones is 1. The van der Waals surface area contributed by atoms with Crippen molar-refractivity contribution in [1.82, 2.24) is 4.57 Å². The molecule has 5 rings (SSSR count). The Kier molecular flexibility index (Phi) is 7.38. The molecule has 37 heavy (non-hydrogen) atoms. The van der Waals surface area contributed by atoms with Gasteiger partial charge in [-0.25, -0.2) is 8.78 Å². The van der Waals surface area contributed by atoms with Crippen molar-refractivity contribution in [3.63, 3.8) is 0 Å². The number of aromatic nitrogens is 1. The highest BCUT2D eigenvalue weighted by molar-refractivity contribution is 6.10. The van der Waals surface area contributed by atoms with Crippen LogP contribution >= 0.6 is 0 Å². The van der Waals surface area contributed by atoms with Crippen LogP contribution in [-0.4, -0.2) is 29.7 Å². The Labute approximate surface area is 215 Å². The van der Waals surface area contributed by atoms with Gasteiger partial charge in [0.1, 0.15) is 11.9 Å². The Morgan fingerprint density at radius 2 is 1.84 bits per heavy atom. The molecule has 1 unspecified atom stereocenters. The van der Waals surface area contributed by atoms with Gasteiger partial charge < -0.3 is 14.0 Å². The molecule has 1 atom stereocenters. The standard InChI is InChI=1S/C31H31F2NO3/c1-20(2)31-30(29(35)13-9-21-8-12-26(32)27(33)16-21)25-11-10-23(37-24-14-15-36-19-24)17-28(25)34(31)18-22-6-4-3-5-7-22/h3-8,10-12,16-17,20,24H,9,13-15,18-19H2,1-2H3. The number of Topliss-reactive ketones (excluding diaryl/α,β-unsaturated/α-hetero) is 1. The third kappa shape index (κ3) is 5.44. The van der Waals surface area contributed by atoms with Crippen molar-refractivity contribution in [2.45, 2.75) is 51.7 Å². The largest absolute Gasteiger partial charge is 0.488 e. The van der Waals surface area contributed by atoms with Crippen LogP contribution in [-0.2, 0) is 17.7 Å². The number of halogens is 2. The number of carbonyl (C=O) groups is 1. The average molecular weight is 504 g/mol.